The van der Waals surface area contributed by atoms with Crippen molar-refractivity contribution in [1.82, 2.24) is 4.57 Å². The van der Waals surface area contributed by atoms with Gasteiger partial charge in [-0.15, -0.1) is 0 Å². The average Bonchev–Trinajstić information content (AvgIpc) is 3.12. The third-order valence-corrected chi connectivity index (χ3v) is 6.43. The van der Waals surface area contributed by atoms with Crippen LogP contribution in [0.5, 0.6) is 0 Å². The Morgan fingerprint density at radius 2 is 1.79 bits per heavy atom. The molecule has 168 valence electrons. The molecule has 3 aromatic rings. The van der Waals surface area contributed by atoms with Crippen LogP contribution in [0.4, 0.5) is 5.69 Å². The zero-order valence-electron chi connectivity index (χ0n) is 19.0. The maximum Gasteiger partial charge on any atom is 0.338 e. The predicted octanol–water partition coefficient (Wildman–Crippen LogP) is 3.14. The van der Waals surface area contributed by atoms with E-state index in [0.717, 1.165) is 16.8 Å². The van der Waals surface area contributed by atoms with Gasteiger partial charge in [-0.2, -0.15) is 0 Å². The van der Waals surface area contributed by atoms with Crippen molar-refractivity contribution in [2.24, 2.45) is 4.99 Å². The molecule has 0 aliphatic carbocycles. The summed E-state index contributed by atoms with van der Waals surface area (Å²) in [5, 5.41) is 0. The number of esters is 1. The lowest BCUT2D eigenvalue weighted by Gasteiger charge is -2.21. The van der Waals surface area contributed by atoms with E-state index in [9.17, 15) is 9.59 Å². The van der Waals surface area contributed by atoms with Crippen molar-refractivity contribution in [2.75, 3.05) is 26.1 Å². The Bertz CT molecular complexity index is 1410. The molecule has 0 spiro atoms. The highest BCUT2D eigenvalue weighted by molar-refractivity contribution is 7.07. The summed E-state index contributed by atoms with van der Waals surface area (Å²) in [6, 6.07) is 17.1. The fraction of sp³-hybridized carbons (Fsp3) is 0.192. The Hall–Kier alpha value is -3.71. The van der Waals surface area contributed by atoms with Gasteiger partial charge in [0.15, 0.2) is 4.80 Å². The second kappa shape index (κ2) is 9.42. The molecule has 1 aliphatic heterocycles. The molecule has 0 amide bonds. The van der Waals surface area contributed by atoms with Crippen LogP contribution in [0.15, 0.2) is 81.7 Å². The summed E-state index contributed by atoms with van der Waals surface area (Å²) in [4.78, 5) is 33.2. The molecule has 1 atom stereocenters. The monoisotopic (exact) mass is 459 g/mol. The van der Waals surface area contributed by atoms with Gasteiger partial charge in [-0.1, -0.05) is 66.0 Å². The van der Waals surface area contributed by atoms with E-state index in [1.54, 1.807) is 11.5 Å². The van der Waals surface area contributed by atoms with Gasteiger partial charge in [0, 0.05) is 19.8 Å². The number of aromatic nitrogens is 1. The first kappa shape index (κ1) is 22.5. The quantitative estimate of drug-likeness (QED) is 0.550. The fourth-order valence-electron chi connectivity index (χ4n) is 3.70. The standard InChI is InChI=1S/C26H25N3O3S/c1-17-23(25(31)32-4)21(15-12-18-8-6-5-7-9-18)29-24(30)22(33-26(29)27-17)16-19-10-13-20(14-11-19)28(2)3/h5-16,21H,1-4H3/b15-12+,22-16+/t21-/m1/s1. The Morgan fingerprint density at radius 1 is 1.09 bits per heavy atom. The number of allylic oxidation sites excluding steroid dienone is 2. The molecule has 0 radical (unpaired) electrons. The SMILES string of the molecule is COC(=O)C1=C(C)N=c2s/c(=C/c3ccc(N(C)C)cc3)c(=O)n2[C@@H]1/C=C/c1ccccc1. The number of anilines is 1. The van der Waals surface area contributed by atoms with Gasteiger partial charge < -0.3 is 9.64 Å². The second-order valence-corrected chi connectivity index (χ2v) is 8.88. The summed E-state index contributed by atoms with van der Waals surface area (Å²) in [5.41, 5.74) is 3.70. The van der Waals surface area contributed by atoms with Crippen molar-refractivity contribution in [2.45, 2.75) is 13.0 Å². The van der Waals surface area contributed by atoms with E-state index in [4.69, 9.17) is 4.74 Å². The summed E-state index contributed by atoms with van der Waals surface area (Å²) in [7, 11) is 5.30. The maximum absolute atomic E-state index is 13.4. The van der Waals surface area contributed by atoms with E-state index < -0.39 is 12.0 Å². The number of fused-ring (bicyclic) bond motifs is 1. The molecule has 0 saturated heterocycles. The van der Waals surface area contributed by atoms with Crippen molar-refractivity contribution in [1.29, 1.82) is 0 Å². The topological polar surface area (TPSA) is 63.9 Å². The van der Waals surface area contributed by atoms with Gasteiger partial charge in [-0.3, -0.25) is 9.36 Å². The lowest BCUT2D eigenvalue weighted by Crippen LogP contribution is -2.38. The minimum absolute atomic E-state index is 0.188. The zero-order valence-corrected chi connectivity index (χ0v) is 19.8. The summed E-state index contributed by atoms with van der Waals surface area (Å²) in [5.74, 6) is -0.493. The summed E-state index contributed by atoms with van der Waals surface area (Å²) < 4.78 is 7.15. The van der Waals surface area contributed by atoms with Crippen LogP contribution in [0, 0.1) is 0 Å². The Kier molecular flexibility index (Phi) is 6.42. The molecule has 1 aliphatic rings. The maximum atomic E-state index is 13.4. The Balaban J connectivity index is 1.84. The van der Waals surface area contributed by atoms with E-state index in [1.165, 1.54) is 18.4 Å². The molecule has 2 aromatic carbocycles. The number of benzene rings is 2. The minimum atomic E-state index is -0.604. The molecule has 4 rings (SSSR count). The molecule has 0 saturated carbocycles. The van der Waals surface area contributed by atoms with Crippen LogP contribution in [0.25, 0.3) is 12.2 Å². The second-order valence-electron chi connectivity index (χ2n) is 7.87. The number of hydrogen-bond donors (Lipinski definition) is 0. The summed E-state index contributed by atoms with van der Waals surface area (Å²) in [6.07, 6.45) is 5.62. The van der Waals surface area contributed by atoms with Gasteiger partial charge in [0.25, 0.3) is 5.56 Å². The predicted molar refractivity (Wildman–Crippen MR) is 133 cm³/mol. The van der Waals surface area contributed by atoms with Gasteiger partial charge in [0.1, 0.15) is 0 Å². The van der Waals surface area contributed by atoms with Gasteiger partial charge in [0.05, 0.1) is 29.0 Å². The lowest BCUT2D eigenvalue weighted by atomic mass is 10.0. The van der Waals surface area contributed by atoms with Crippen LogP contribution in [0.3, 0.4) is 0 Å². The molecular weight excluding hydrogens is 434 g/mol. The van der Waals surface area contributed by atoms with Gasteiger partial charge in [-0.25, -0.2) is 9.79 Å². The summed E-state index contributed by atoms with van der Waals surface area (Å²) in [6.45, 7) is 1.77. The van der Waals surface area contributed by atoms with E-state index in [0.29, 0.717) is 20.6 Å². The molecule has 1 aromatic heterocycles. The van der Waals surface area contributed by atoms with Gasteiger partial charge in [-0.05, 0) is 36.3 Å². The molecule has 0 N–H and O–H groups in total. The molecule has 33 heavy (non-hydrogen) atoms. The molecule has 6 nitrogen and oxygen atoms in total. The van der Waals surface area contributed by atoms with Gasteiger partial charge in [0.2, 0.25) is 0 Å². The molecule has 0 unspecified atom stereocenters. The van der Waals surface area contributed by atoms with Crippen molar-refractivity contribution < 1.29 is 9.53 Å². The molecular formula is C26H25N3O3S. The Morgan fingerprint density at radius 3 is 2.42 bits per heavy atom. The third-order valence-electron chi connectivity index (χ3n) is 5.45. The van der Waals surface area contributed by atoms with Crippen LogP contribution in [-0.2, 0) is 9.53 Å². The lowest BCUT2D eigenvalue weighted by molar-refractivity contribution is -0.136. The van der Waals surface area contributed by atoms with Crippen LogP contribution in [0.2, 0.25) is 0 Å². The first-order valence-electron chi connectivity index (χ1n) is 10.5. The number of nitrogens with zero attached hydrogens (tertiary/aromatic N) is 3. The van der Waals surface area contributed by atoms with Crippen LogP contribution < -0.4 is 19.8 Å². The van der Waals surface area contributed by atoms with Crippen molar-refractivity contribution in [3.63, 3.8) is 0 Å². The van der Waals surface area contributed by atoms with Gasteiger partial charge >= 0.3 is 5.97 Å². The van der Waals surface area contributed by atoms with Crippen molar-refractivity contribution >= 4 is 35.1 Å². The first-order valence-corrected chi connectivity index (χ1v) is 11.3. The fourth-order valence-corrected chi connectivity index (χ4v) is 4.76. The number of thiazole rings is 1. The highest BCUT2D eigenvalue weighted by Gasteiger charge is 2.30. The number of rotatable bonds is 5. The number of ether oxygens (including phenoxy) is 1. The number of methoxy groups -OCH3 is 1. The highest BCUT2D eigenvalue weighted by Crippen LogP contribution is 2.26. The number of carbonyl (C=O) groups is 1. The summed E-state index contributed by atoms with van der Waals surface area (Å²) >= 11 is 1.32. The average molecular weight is 460 g/mol. The normalized spacial score (nSPS) is 16.0. The van der Waals surface area contributed by atoms with Crippen LogP contribution in [0.1, 0.15) is 24.1 Å². The van der Waals surface area contributed by atoms with E-state index in [1.807, 2.05) is 91.8 Å². The zero-order chi connectivity index (χ0) is 23.5. The van der Waals surface area contributed by atoms with Crippen LogP contribution >= 0.6 is 11.3 Å². The first-order chi connectivity index (χ1) is 15.9. The number of hydrogen-bond acceptors (Lipinski definition) is 6. The largest absolute Gasteiger partial charge is 0.466 e. The minimum Gasteiger partial charge on any atom is -0.466 e. The molecule has 2 heterocycles. The van der Waals surface area contributed by atoms with E-state index >= 15 is 0 Å². The van der Waals surface area contributed by atoms with E-state index in [2.05, 4.69) is 4.99 Å². The highest BCUT2D eigenvalue weighted by atomic mass is 32.1. The smallest absolute Gasteiger partial charge is 0.338 e. The third kappa shape index (κ3) is 4.59. The van der Waals surface area contributed by atoms with E-state index in [-0.39, 0.29) is 5.56 Å². The molecule has 7 heteroatoms. The molecule has 0 bridgehead atoms. The Labute approximate surface area is 196 Å². The van der Waals surface area contributed by atoms with Crippen molar-refractivity contribution in [3.05, 3.63) is 103 Å². The molecule has 0 fully saturated rings. The van der Waals surface area contributed by atoms with Crippen LogP contribution in [-0.4, -0.2) is 31.7 Å². The van der Waals surface area contributed by atoms with Crippen molar-refractivity contribution in [3.8, 4) is 0 Å². The number of carbonyl (C=O) groups excluding carboxylic acids is 1.